The monoisotopic (exact) mass is 204 g/mol. The lowest BCUT2D eigenvalue weighted by Gasteiger charge is -2.46. The van der Waals surface area contributed by atoms with Crippen LogP contribution in [0.15, 0.2) is 0 Å². The van der Waals surface area contributed by atoms with Crippen LogP contribution in [0.1, 0.15) is 12.8 Å². The van der Waals surface area contributed by atoms with E-state index in [4.69, 9.17) is 9.47 Å². The number of hydrogen-bond acceptors (Lipinski definition) is 4. The van der Waals surface area contributed by atoms with Crippen LogP contribution < -0.4 is 0 Å². The fourth-order valence-electron chi connectivity index (χ4n) is 2.08. The van der Waals surface area contributed by atoms with Crippen LogP contribution in [0, 0.1) is 11.8 Å². The van der Waals surface area contributed by atoms with Gasteiger partial charge in [-0.05, 0) is 12.8 Å². The van der Waals surface area contributed by atoms with E-state index in [0.717, 1.165) is 12.8 Å². The van der Waals surface area contributed by atoms with E-state index in [1.54, 1.807) is 14.2 Å². The van der Waals surface area contributed by atoms with Gasteiger partial charge in [0.15, 0.2) is 0 Å². The Morgan fingerprint density at radius 1 is 0.857 bits per heavy atom. The summed E-state index contributed by atoms with van der Waals surface area (Å²) in [6.45, 7) is 1.19. The minimum Gasteiger partial charge on any atom is -0.392 e. The van der Waals surface area contributed by atoms with E-state index in [0.29, 0.717) is 13.2 Å². The van der Waals surface area contributed by atoms with E-state index >= 15 is 0 Å². The third-order valence-corrected chi connectivity index (χ3v) is 3.07. The molecule has 1 fully saturated rings. The Morgan fingerprint density at radius 2 is 1.21 bits per heavy atom. The summed E-state index contributed by atoms with van der Waals surface area (Å²) < 4.78 is 9.83. The Balaban J connectivity index is 2.25. The number of methoxy groups -OCH3 is 2. The zero-order chi connectivity index (χ0) is 10.6. The van der Waals surface area contributed by atoms with Crippen LogP contribution in [0.3, 0.4) is 0 Å². The smallest absolute Gasteiger partial charge is 0.0647 e. The van der Waals surface area contributed by atoms with Gasteiger partial charge in [0.05, 0.1) is 12.2 Å². The van der Waals surface area contributed by atoms with E-state index in [1.807, 2.05) is 0 Å². The first-order valence-electron chi connectivity index (χ1n) is 5.06. The second kappa shape index (κ2) is 5.66. The van der Waals surface area contributed by atoms with E-state index in [2.05, 4.69) is 0 Å². The van der Waals surface area contributed by atoms with Gasteiger partial charge in [-0.15, -0.1) is 0 Å². The fraction of sp³-hybridized carbons (Fsp3) is 1.00. The SMILES string of the molecule is COCCC1C(O)C(CCOC)C1O. The van der Waals surface area contributed by atoms with Crippen molar-refractivity contribution < 1.29 is 19.7 Å². The van der Waals surface area contributed by atoms with Gasteiger partial charge in [-0.1, -0.05) is 0 Å². The van der Waals surface area contributed by atoms with Crippen LogP contribution in [0.2, 0.25) is 0 Å². The molecule has 1 rings (SSSR count). The Bertz CT molecular complexity index is 136. The number of aliphatic hydroxyl groups excluding tert-OH is 2. The zero-order valence-corrected chi connectivity index (χ0v) is 8.85. The first-order chi connectivity index (χ1) is 6.72. The fourth-order valence-corrected chi connectivity index (χ4v) is 2.08. The molecular formula is C10H20O4. The lowest BCUT2D eigenvalue weighted by Crippen LogP contribution is -2.55. The van der Waals surface area contributed by atoms with Crippen molar-refractivity contribution >= 4 is 0 Å². The Kier molecular flexibility index (Phi) is 4.81. The lowest BCUT2D eigenvalue weighted by atomic mass is 9.66. The predicted octanol–water partition coefficient (Wildman–Crippen LogP) is 0.0272. The van der Waals surface area contributed by atoms with Gasteiger partial charge in [0, 0.05) is 39.3 Å². The van der Waals surface area contributed by atoms with Crippen LogP contribution in [0.25, 0.3) is 0 Å². The van der Waals surface area contributed by atoms with Gasteiger partial charge in [0.1, 0.15) is 0 Å². The molecule has 1 aliphatic rings. The van der Waals surface area contributed by atoms with Crippen LogP contribution in [0.4, 0.5) is 0 Å². The normalized spacial score (nSPS) is 36.9. The number of hydrogen-bond donors (Lipinski definition) is 2. The maximum absolute atomic E-state index is 9.72. The average Bonchev–Trinajstić information content (AvgIpc) is 2.19. The molecule has 84 valence electrons. The molecular weight excluding hydrogens is 184 g/mol. The highest BCUT2D eigenvalue weighted by Crippen LogP contribution is 2.38. The molecule has 0 aromatic carbocycles. The van der Waals surface area contributed by atoms with Gasteiger partial charge in [0.25, 0.3) is 0 Å². The molecule has 14 heavy (non-hydrogen) atoms. The molecule has 0 aromatic rings. The van der Waals surface area contributed by atoms with Crippen LogP contribution in [-0.4, -0.2) is 49.9 Å². The van der Waals surface area contributed by atoms with Crippen LogP contribution in [0.5, 0.6) is 0 Å². The quantitative estimate of drug-likeness (QED) is 0.640. The first-order valence-corrected chi connectivity index (χ1v) is 5.06. The minimum absolute atomic E-state index is 0.0168. The molecule has 0 aliphatic heterocycles. The van der Waals surface area contributed by atoms with Crippen molar-refractivity contribution in [2.45, 2.75) is 25.0 Å². The molecule has 0 atom stereocenters. The summed E-state index contributed by atoms with van der Waals surface area (Å²) in [4.78, 5) is 0. The third-order valence-electron chi connectivity index (χ3n) is 3.07. The molecule has 0 bridgehead atoms. The van der Waals surface area contributed by atoms with Crippen molar-refractivity contribution in [3.8, 4) is 0 Å². The van der Waals surface area contributed by atoms with E-state index in [9.17, 15) is 10.2 Å². The molecule has 0 amide bonds. The molecule has 1 aliphatic carbocycles. The summed E-state index contributed by atoms with van der Waals surface area (Å²) in [5.41, 5.74) is 0. The van der Waals surface area contributed by atoms with E-state index in [1.165, 1.54) is 0 Å². The van der Waals surface area contributed by atoms with Crippen LogP contribution >= 0.6 is 0 Å². The molecule has 4 nitrogen and oxygen atoms in total. The van der Waals surface area contributed by atoms with Gasteiger partial charge in [0.2, 0.25) is 0 Å². The van der Waals surface area contributed by atoms with Crippen molar-refractivity contribution in [3.05, 3.63) is 0 Å². The van der Waals surface area contributed by atoms with Crippen molar-refractivity contribution in [2.24, 2.45) is 11.8 Å². The summed E-state index contributed by atoms with van der Waals surface area (Å²) >= 11 is 0. The van der Waals surface area contributed by atoms with Gasteiger partial charge >= 0.3 is 0 Å². The highest BCUT2D eigenvalue weighted by Gasteiger charge is 2.47. The topological polar surface area (TPSA) is 58.9 Å². The molecule has 0 aromatic heterocycles. The molecule has 2 N–H and O–H groups in total. The average molecular weight is 204 g/mol. The van der Waals surface area contributed by atoms with Crippen molar-refractivity contribution in [3.63, 3.8) is 0 Å². The number of ether oxygens (including phenoxy) is 2. The van der Waals surface area contributed by atoms with Crippen molar-refractivity contribution in [1.29, 1.82) is 0 Å². The van der Waals surface area contributed by atoms with Crippen molar-refractivity contribution in [2.75, 3.05) is 27.4 Å². The standard InChI is InChI=1S/C10H20O4/c1-13-5-3-7-9(11)8(10(7)12)4-6-14-2/h7-12H,3-6H2,1-2H3. The molecule has 0 saturated heterocycles. The van der Waals surface area contributed by atoms with Crippen LogP contribution in [-0.2, 0) is 9.47 Å². The highest BCUT2D eigenvalue weighted by molar-refractivity contribution is 4.97. The molecule has 0 unspecified atom stereocenters. The zero-order valence-electron chi connectivity index (χ0n) is 8.85. The minimum atomic E-state index is -0.393. The highest BCUT2D eigenvalue weighted by atomic mass is 16.5. The van der Waals surface area contributed by atoms with Crippen molar-refractivity contribution in [1.82, 2.24) is 0 Å². The van der Waals surface area contributed by atoms with Gasteiger partial charge < -0.3 is 19.7 Å². The summed E-state index contributed by atoms with van der Waals surface area (Å²) in [5, 5.41) is 19.4. The van der Waals surface area contributed by atoms with Gasteiger partial charge in [-0.2, -0.15) is 0 Å². The molecule has 0 radical (unpaired) electrons. The largest absolute Gasteiger partial charge is 0.392 e. The number of aliphatic hydroxyl groups is 2. The van der Waals surface area contributed by atoms with Gasteiger partial charge in [-0.25, -0.2) is 0 Å². The Hall–Kier alpha value is -0.160. The molecule has 1 saturated carbocycles. The summed E-state index contributed by atoms with van der Waals surface area (Å²) in [6.07, 6.45) is 0.663. The Morgan fingerprint density at radius 3 is 1.50 bits per heavy atom. The lowest BCUT2D eigenvalue weighted by molar-refractivity contribution is -0.163. The second-order valence-corrected chi connectivity index (χ2v) is 3.87. The first kappa shape index (κ1) is 11.9. The summed E-state index contributed by atoms with van der Waals surface area (Å²) in [7, 11) is 3.25. The van der Waals surface area contributed by atoms with E-state index < -0.39 is 12.2 Å². The second-order valence-electron chi connectivity index (χ2n) is 3.87. The predicted molar refractivity (Wildman–Crippen MR) is 52.0 cm³/mol. The van der Waals surface area contributed by atoms with E-state index in [-0.39, 0.29) is 11.8 Å². The maximum Gasteiger partial charge on any atom is 0.0647 e. The molecule has 0 heterocycles. The maximum atomic E-state index is 9.72. The summed E-state index contributed by atoms with van der Waals surface area (Å²) in [6, 6.07) is 0. The van der Waals surface area contributed by atoms with Gasteiger partial charge in [-0.3, -0.25) is 0 Å². The Labute approximate surface area is 84.8 Å². The number of rotatable bonds is 6. The molecule has 4 heteroatoms. The molecule has 0 spiro atoms. The summed E-state index contributed by atoms with van der Waals surface area (Å²) in [5.74, 6) is -0.0337. The third kappa shape index (κ3) is 2.45.